The van der Waals surface area contributed by atoms with Gasteiger partial charge in [0, 0.05) is 6.07 Å². The van der Waals surface area contributed by atoms with Crippen molar-refractivity contribution in [3.8, 4) is 0 Å². The number of rotatable bonds is 7. The fraction of sp³-hybridized carbons (Fsp3) is 0.733. The highest BCUT2D eigenvalue weighted by atomic mass is 32.2. The first kappa shape index (κ1) is 18.7. The molecular weight excluding hydrogens is 302 g/mol. The van der Waals surface area contributed by atoms with E-state index in [1.54, 1.807) is 30.8 Å². The topological polar surface area (TPSA) is 81.1 Å². The molecule has 0 aliphatic carbocycles. The van der Waals surface area contributed by atoms with Gasteiger partial charge >= 0.3 is 0 Å². The first-order valence-electron chi connectivity index (χ1n) is 7.64. The van der Waals surface area contributed by atoms with Gasteiger partial charge in [0.25, 0.3) is 0 Å². The Morgan fingerprint density at radius 2 is 1.82 bits per heavy atom. The number of hydrogen-bond acceptors (Lipinski definition) is 4. The molecule has 7 heteroatoms. The molecule has 0 aromatic carbocycles. The smallest absolute Gasteiger partial charge is 0.243 e. The van der Waals surface area contributed by atoms with Gasteiger partial charge in [0.2, 0.25) is 5.91 Å². The third kappa shape index (κ3) is 4.32. The minimum atomic E-state index is -3.47. The predicted octanol–water partition coefficient (Wildman–Crippen LogP) is 2.64. The second kappa shape index (κ2) is 7.26. The number of hydrogen-bond donors (Lipinski definition) is 1. The van der Waals surface area contributed by atoms with E-state index < -0.39 is 26.2 Å². The van der Waals surface area contributed by atoms with Crippen LogP contribution in [-0.4, -0.2) is 34.6 Å². The summed E-state index contributed by atoms with van der Waals surface area (Å²) in [6.07, 6.45) is 2.53. The van der Waals surface area contributed by atoms with Crippen molar-refractivity contribution >= 4 is 21.6 Å². The molecule has 0 spiro atoms. The van der Waals surface area contributed by atoms with Crippen LogP contribution in [0, 0.1) is 5.92 Å². The molecule has 0 radical (unpaired) electrons. The van der Waals surface area contributed by atoms with Crippen molar-refractivity contribution in [1.82, 2.24) is 9.78 Å². The lowest BCUT2D eigenvalue weighted by molar-refractivity contribution is -0.115. The fourth-order valence-electron chi connectivity index (χ4n) is 2.33. The number of nitrogens with one attached hydrogen (secondary N) is 1. The van der Waals surface area contributed by atoms with Crippen molar-refractivity contribution in [2.24, 2.45) is 5.92 Å². The molecule has 1 rings (SSSR count). The van der Waals surface area contributed by atoms with Crippen LogP contribution in [0.3, 0.4) is 0 Å². The summed E-state index contributed by atoms with van der Waals surface area (Å²) in [5, 5.41) is 5.25. The fourth-order valence-corrected chi connectivity index (χ4v) is 3.51. The maximum absolute atomic E-state index is 12.2. The Morgan fingerprint density at radius 3 is 2.32 bits per heavy atom. The molecule has 0 saturated heterocycles. The molecule has 1 heterocycles. The van der Waals surface area contributed by atoms with Gasteiger partial charge in [-0.2, -0.15) is 5.10 Å². The average molecular weight is 329 g/mol. The number of amides is 1. The summed E-state index contributed by atoms with van der Waals surface area (Å²) < 4.78 is 25.9. The van der Waals surface area contributed by atoms with Crippen molar-refractivity contribution in [2.45, 2.75) is 64.5 Å². The van der Waals surface area contributed by atoms with E-state index in [2.05, 4.69) is 24.3 Å². The van der Waals surface area contributed by atoms with Crippen LogP contribution in [0.5, 0.6) is 0 Å². The van der Waals surface area contributed by atoms with Crippen molar-refractivity contribution in [1.29, 1.82) is 0 Å². The van der Waals surface area contributed by atoms with Gasteiger partial charge in [-0.15, -0.1) is 0 Å². The molecule has 1 aromatic rings. The van der Waals surface area contributed by atoms with Crippen LogP contribution in [0.1, 0.15) is 54.0 Å². The van der Waals surface area contributed by atoms with Gasteiger partial charge in [0.15, 0.2) is 9.84 Å². The van der Waals surface area contributed by atoms with E-state index in [1.165, 1.54) is 6.92 Å². The van der Waals surface area contributed by atoms with Crippen molar-refractivity contribution in [3.63, 3.8) is 0 Å². The molecule has 0 fully saturated rings. The number of anilines is 1. The zero-order valence-corrected chi connectivity index (χ0v) is 15.0. The van der Waals surface area contributed by atoms with Crippen LogP contribution in [0.2, 0.25) is 0 Å². The third-order valence-electron chi connectivity index (χ3n) is 3.67. The standard InChI is InChI=1S/C15H27N3O3S/c1-10(2)9-12(5)18-14(7-8-16-18)17-15(19)13(6)22(20,21)11(3)4/h7-8,10-13H,9H2,1-6H3,(H,17,19)/t12-,13-/m1/s1. The van der Waals surface area contributed by atoms with E-state index in [-0.39, 0.29) is 6.04 Å². The van der Waals surface area contributed by atoms with E-state index >= 15 is 0 Å². The third-order valence-corrected chi connectivity index (χ3v) is 6.18. The highest BCUT2D eigenvalue weighted by Gasteiger charge is 2.31. The predicted molar refractivity (Wildman–Crippen MR) is 88.5 cm³/mol. The monoisotopic (exact) mass is 329 g/mol. The molecule has 1 aromatic heterocycles. The van der Waals surface area contributed by atoms with Gasteiger partial charge in [-0.05, 0) is 40.0 Å². The summed E-state index contributed by atoms with van der Waals surface area (Å²) in [4.78, 5) is 12.2. The zero-order valence-electron chi connectivity index (χ0n) is 14.2. The summed E-state index contributed by atoms with van der Waals surface area (Å²) in [5.74, 6) is 0.513. The number of nitrogens with zero attached hydrogens (tertiary/aromatic N) is 2. The number of aromatic nitrogens is 2. The Labute approximate surface area is 133 Å². The molecule has 1 amide bonds. The molecule has 0 saturated carbocycles. The van der Waals surface area contributed by atoms with Gasteiger partial charge in [0.05, 0.1) is 17.5 Å². The van der Waals surface area contributed by atoms with Crippen molar-refractivity contribution in [2.75, 3.05) is 5.32 Å². The molecule has 0 aliphatic heterocycles. The van der Waals surface area contributed by atoms with Crippen LogP contribution >= 0.6 is 0 Å². The Hall–Kier alpha value is -1.37. The Bertz CT molecular complexity index is 605. The van der Waals surface area contributed by atoms with E-state index in [1.807, 2.05) is 6.92 Å². The van der Waals surface area contributed by atoms with E-state index in [0.717, 1.165) is 6.42 Å². The Morgan fingerprint density at radius 1 is 1.23 bits per heavy atom. The number of sulfone groups is 1. The van der Waals surface area contributed by atoms with Crippen LogP contribution in [-0.2, 0) is 14.6 Å². The maximum atomic E-state index is 12.2. The van der Waals surface area contributed by atoms with Crippen LogP contribution in [0.4, 0.5) is 5.82 Å². The second-order valence-corrected chi connectivity index (χ2v) is 9.24. The lowest BCUT2D eigenvalue weighted by Gasteiger charge is -2.19. The SMILES string of the molecule is CC(C)C[C@@H](C)n1nccc1NC(=O)[C@@H](C)S(=O)(=O)C(C)C. The van der Waals surface area contributed by atoms with Crippen molar-refractivity contribution < 1.29 is 13.2 Å². The minimum Gasteiger partial charge on any atom is -0.310 e. The number of carbonyl (C=O) groups excluding carboxylic acids is 1. The Kier molecular flexibility index (Phi) is 6.17. The molecular formula is C15H27N3O3S. The van der Waals surface area contributed by atoms with Crippen LogP contribution in [0.15, 0.2) is 12.3 Å². The maximum Gasteiger partial charge on any atom is 0.243 e. The second-order valence-electron chi connectivity index (χ2n) is 6.41. The first-order valence-corrected chi connectivity index (χ1v) is 9.25. The molecule has 126 valence electrons. The summed E-state index contributed by atoms with van der Waals surface area (Å²) in [6, 6.07) is 1.81. The first-order chi connectivity index (χ1) is 10.1. The molecule has 6 nitrogen and oxygen atoms in total. The minimum absolute atomic E-state index is 0.127. The van der Waals surface area contributed by atoms with E-state index in [0.29, 0.717) is 11.7 Å². The van der Waals surface area contributed by atoms with Gasteiger partial charge < -0.3 is 5.32 Å². The average Bonchev–Trinajstić information content (AvgIpc) is 2.84. The lowest BCUT2D eigenvalue weighted by Crippen LogP contribution is -2.37. The summed E-state index contributed by atoms with van der Waals surface area (Å²) >= 11 is 0. The molecule has 0 unspecified atom stereocenters. The van der Waals surface area contributed by atoms with Gasteiger partial charge in [-0.3, -0.25) is 4.79 Å². The largest absolute Gasteiger partial charge is 0.310 e. The quantitative estimate of drug-likeness (QED) is 0.834. The highest BCUT2D eigenvalue weighted by molar-refractivity contribution is 7.93. The normalized spacial score (nSPS) is 15.1. The molecule has 1 N–H and O–H groups in total. The number of carbonyl (C=O) groups is 1. The van der Waals surface area contributed by atoms with E-state index in [4.69, 9.17) is 0 Å². The lowest BCUT2D eigenvalue weighted by atomic mass is 10.1. The van der Waals surface area contributed by atoms with Gasteiger partial charge in [0.1, 0.15) is 11.1 Å². The van der Waals surface area contributed by atoms with Crippen LogP contribution in [0.25, 0.3) is 0 Å². The zero-order chi connectivity index (χ0) is 17.1. The summed E-state index contributed by atoms with van der Waals surface area (Å²) in [7, 11) is -3.47. The van der Waals surface area contributed by atoms with Crippen molar-refractivity contribution in [3.05, 3.63) is 12.3 Å². The molecule has 0 aliphatic rings. The Balaban J connectivity index is 2.89. The van der Waals surface area contributed by atoms with E-state index in [9.17, 15) is 13.2 Å². The van der Waals surface area contributed by atoms with Crippen LogP contribution < -0.4 is 5.32 Å². The van der Waals surface area contributed by atoms with Gasteiger partial charge in [-0.25, -0.2) is 13.1 Å². The summed E-state index contributed by atoms with van der Waals surface area (Å²) in [6.45, 7) is 10.8. The molecule has 0 bridgehead atoms. The molecule has 22 heavy (non-hydrogen) atoms. The highest BCUT2D eigenvalue weighted by Crippen LogP contribution is 2.21. The molecule has 2 atom stereocenters. The summed E-state index contributed by atoms with van der Waals surface area (Å²) in [5.41, 5.74) is 0. The van der Waals surface area contributed by atoms with Gasteiger partial charge in [-0.1, -0.05) is 13.8 Å².